The third kappa shape index (κ3) is 5.68. The van der Waals surface area contributed by atoms with Crippen LogP contribution in [-0.4, -0.2) is 61.6 Å². The molecule has 0 saturated heterocycles. The van der Waals surface area contributed by atoms with Gasteiger partial charge in [-0.25, -0.2) is 0 Å². The Morgan fingerprint density at radius 2 is 1.78 bits per heavy atom. The standard InChI is InChI=1S/C11H23F3N4/c1-5-18(8(2)6-17(3)4)7-9(10(15)16)11(12,13)14/h8-9H,5-7H2,1-4H3,(H3,15,16). The van der Waals surface area contributed by atoms with Crippen LogP contribution in [0.5, 0.6) is 0 Å². The van der Waals surface area contributed by atoms with Crippen molar-refractivity contribution < 1.29 is 13.2 Å². The Bertz CT molecular complexity index is 266. The Balaban J connectivity index is 4.72. The van der Waals surface area contributed by atoms with Gasteiger partial charge in [0.05, 0.1) is 0 Å². The van der Waals surface area contributed by atoms with Gasteiger partial charge in [-0.3, -0.25) is 10.3 Å². The maximum Gasteiger partial charge on any atom is 0.399 e. The second kappa shape index (κ2) is 6.94. The lowest BCUT2D eigenvalue weighted by Gasteiger charge is -2.33. The molecule has 0 spiro atoms. The number of amidine groups is 1. The molecule has 0 heterocycles. The van der Waals surface area contributed by atoms with Crippen LogP contribution in [-0.2, 0) is 0 Å². The van der Waals surface area contributed by atoms with E-state index in [4.69, 9.17) is 11.1 Å². The number of rotatable bonds is 7. The second-order valence-electron chi connectivity index (χ2n) is 4.75. The molecule has 0 fully saturated rings. The SMILES string of the molecule is CCN(CC(C(=N)N)C(F)(F)F)C(C)CN(C)C. The lowest BCUT2D eigenvalue weighted by Crippen LogP contribution is -2.48. The van der Waals surface area contributed by atoms with Gasteiger partial charge in [-0.15, -0.1) is 0 Å². The van der Waals surface area contributed by atoms with E-state index in [0.717, 1.165) is 0 Å². The number of nitrogens with two attached hydrogens (primary N) is 1. The molecule has 0 saturated carbocycles. The van der Waals surface area contributed by atoms with E-state index >= 15 is 0 Å². The van der Waals surface area contributed by atoms with Crippen LogP contribution in [0.1, 0.15) is 13.8 Å². The third-order valence-electron chi connectivity index (χ3n) is 2.85. The first kappa shape index (κ1) is 17.2. The number of halogens is 3. The predicted octanol–water partition coefficient (Wildman–Crippen LogP) is 1.37. The summed E-state index contributed by atoms with van der Waals surface area (Å²) in [6, 6.07) is -0.0193. The average molecular weight is 268 g/mol. The molecule has 18 heavy (non-hydrogen) atoms. The van der Waals surface area contributed by atoms with Crippen molar-refractivity contribution in [1.82, 2.24) is 9.80 Å². The molecule has 0 aliphatic carbocycles. The summed E-state index contributed by atoms with van der Waals surface area (Å²) >= 11 is 0. The van der Waals surface area contributed by atoms with Gasteiger partial charge in [0.1, 0.15) is 11.8 Å². The number of nitrogens with zero attached hydrogens (tertiary/aromatic N) is 2. The quantitative estimate of drug-likeness (QED) is 0.541. The smallest absolute Gasteiger partial charge is 0.387 e. The van der Waals surface area contributed by atoms with Crippen LogP contribution in [0.15, 0.2) is 0 Å². The van der Waals surface area contributed by atoms with Gasteiger partial charge in [-0.1, -0.05) is 6.92 Å². The van der Waals surface area contributed by atoms with Crippen LogP contribution in [0.25, 0.3) is 0 Å². The van der Waals surface area contributed by atoms with Gasteiger partial charge in [0.15, 0.2) is 0 Å². The van der Waals surface area contributed by atoms with Crippen molar-refractivity contribution in [2.24, 2.45) is 11.7 Å². The van der Waals surface area contributed by atoms with Crippen molar-refractivity contribution in [2.75, 3.05) is 33.7 Å². The Morgan fingerprint density at radius 3 is 2.06 bits per heavy atom. The van der Waals surface area contributed by atoms with Crippen LogP contribution < -0.4 is 5.73 Å². The Kier molecular flexibility index (Phi) is 6.62. The lowest BCUT2D eigenvalue weighted by atomic mass is 10.1. The minimum absolute atomic E-state index is 0.0193. The van der Waals surface area contributed by atoms with Crippen molar-refractivity contribution in [3.63, 3.8) is 0 Å². The predicted molar refractivity (Wildman–Crippen MR) is 66.7 cm³/mol. The molecule has 0 amide bonds. The van der Waals surface area contributed by atoms with Crippen LogP contribution >= 0.6 is 0 Å². The first-order valence-corrected chi connectivity index (χ1v) is 5.89. The highest BCUT2D eigenvalue weighted by Crippen LogP contribution is 2.27. The van der Waals surface area contributed by atoms with E-state index in [-0.39, 0.29) is 12.6 Å². The number of nitrogens with one attached hydrogen (secondary N) is 1. The molecule has 0 bridgehead atoms. The van der Waals surface area contributed by atoms with Gasteiger partial charge >= 0.3 is 6.18 Å². The van der Waals surface area contributed by atoms with Crippen molar-refractivity contribution >= 4 is 5.84 Å². The molecule has 3 N–H and O–H groups in total. The molecule has 0 radical (unpaired) electrons. The summed E-state index contributed by atoms with van der Waals surface area (Å²) in [4.78, 5) is 3.61. The summed E-state index contributed by atoms with van der Waals surface area (Å²) in [5.41, 5.74) is 5.05. The van der Waals surface area contributed by atoms with E-state index < -0.39 is 17.9 Å². The molecule has 2 unspecified atom stereocenters. The normalized spacial score (nSPS) is 16.1. The highest BCUT2D eigenvalue weighted by Gasteiger charge is 2.43. The maximum atomic E-state index is 12.7. The van der Waals surface area contributed by atoms with Crippen molar-refractivity contribution in [1.29, 1.82) is 5.41 Å². The van der Waals surface area contributed by atoms with Crippen molar-refractivity contribution in [3.8, 4) is 0 Å². The topological polar surface area (TPSA) is 56.4 Å². The minimum atomic E-state index is -4.46. The summed E-state index contributed by atoms with van der Waals surface area (Å²) in [6.07, 6.45) is -4.46. The van der Waals surface area contributed by atoms with Crippen LogP contribution in [0.2, 0.25) is 0 Å². The zero-order chi connectivity index (χ0) is 14.5. The molecule has 108 valence electrons. The van der Waals surface area contributed by atoms with Gasteiger partial charge in [0.25, 0.3) is 0 Å². The highest BCUT2D eigenvalue weighted by atomic mass is 19.4. The summed E-state index contributed by atoms with van der Waals surface area (Å²) in [5, 5.41) is 7.08. The van der Waals surface area contributed by atoms with Gasteiger partial charge in [0, 0.05) is 19.1 Å². The van der Waals surface area contributed by atoms with Crippen LogP contribution in [0.4, 0.5) is 13.2 Å². The van der Waals surface area contributed by atoms with Gasteiger partial charge in [0.2, 0.25) is 0 Å². The molecule has 7 heteroatoms. The molecular formula is C11H23F3N4. The van der Waals surface area contributed by atoms with Crippen LogP contribution in [0.3, 0.4) is 0 Å². The molecule has 0 aromatic carbocycles. The molecule has 0 aromatic rings. The largest absolute Gasteiger partial charge is 0.399 e. The highest BCUT2D eigenvalue weighted by molar-refractivity contribution is 5.80. The van der Waals surface area contributed by atoms with E-state index in [2.05, 4.69) is 0 Å². The molecule has 0 aromatic heterocycles. The molecule has 0 aliphatic heterocycles. The number of alkyl halides is 3. The van der Waals surface area contributed by atoms with E-state index in [9.17, 15) is 13.2 Å². The maximum absolute atomic E-state index is 12.7. The first-order valence-electron chi connectivity index (χ1n) is 5.89. The Hall–Kier alpha value is -0.820. The van der Waals surface area contributed by atoms with E-state index in [1.165, 1.54) is 0 Å². The zero-order valence-corrected chi connectivity index (χ0v) is 11.4. The molecule has 2 atom stereocenters. The summed E-state index contributed by atoms with van der Waals surface area (Å²) in [6.45, 7) is 4.58. The lowest BCUT2D eigenvalue weighted by molar-refractivity contribution is -0.161. The summed E-state index contributed by atoms with van der Waals surface area (Å²) < 4.78 is 38.2. The average Bonchev–Trinajstić information content (AvgIpc) is 2.14. The van der Waals surface area contributed by atoms with Crippen molar-refractivity contribution in [2.45, 2.75) is 26.1 Å². The van der Waals surface area contributed by atoms with E-state index in [0.29, 0.717) is 13.1 Å². The Morgan fingerprint density at radius 1 is 1.28 bits per heavy atom. The van der Waals surface area contributed by atoms with Gasteiger partial charge in [-0.2, -0.15) is 13.2 Å². The van der Waals surface area contributed by atoms with E-state index in [1.807, 2.05) is 25.9 Å². The third-order valence-corrected chi connectivity index (χ3v) is 2.85. The van der Waals surface area contributed by atoms with Gasteiger partial charge in [-0.05, 0) is 27.6 Å². The monoisotopic (exact) mass is 268 g/mol. The fourth-order valence-electron chi connectivity index (χ4n) is 1.88. The zero-order valence-electron chi connectivity index (χ0n) is 11.4. The van der Waals surface area contributed by atoms with Crippen molar-refractivity contribution in [3.05, 3.63) is 0 Å². The number of hydrogen-bond acceptors (Lipinski definition) is 3. The van der Waals surface area contributed by atoms with E-state index in [1.54, 1.807) is 11.8 Å². The fourth-order valence-corrected chi connectivity index (χ4v) is 1.88. The second-order valence-corrected chi connectivity index (χ2v) is 4.75. The summed E-state index contributed by atoms with van der Waals surface area (Å²) in [7, 11) is 3.74. The molecule has 4 nitrogen and oxygen atoms in total. The number of hydrogen-bond donors (Lipinski definition) is 2. The Labute approximate surface area is 106 Å². The summed E-state index contributed by atoms with van der Waals surface area (Å²) in [5.74, 6) is -2.71. The first-order chi connectivity index (χ1) is 8.09. The minimum Gasteiger partial charge on any atom is -0.387 e. The molecule has 0 rings (SSSR count). The fraction of sp³-hybridized carbons (Fsp3) is 0.909. The van der Waals surface area contributed by atoms with Crippen LogP contribution in [0, 0.1) is 11.3 Å². The number of likely N-dealkylation sites (N-methyl/N-ethyl adjacent to an activating group) is 2. The molecule has 0 aliphatic rings. The van der Waals surface area contributed by atoms with Gasteiger partial charge < -0.3 is 10.6 Å². The molecular weight excluding hydrogens is 245 g/mol.